The molecule has 1 amide bonds. The SMILES string of the molecule is Cn1ccc2c(-n3ncc(C(=O)Nc4cnc(-n5nccn5)c(Cl)c4)c3C(F)(F)F)cccc2c1=O. The summed E-state index contributed by atoms with van der Waals surface area (Å²) in [6, 6.07) is 7.16. The number of rotatable bonds is 4. The fourth-order valence-electron chi connectivity index (χ4n) is 3.68. The van der Waals surface area contributed by atoms with Crippen LogP contribution in [0.25, 0.3) is 22.3 Å². The second kappa shape index (κ2) is 8.61. The molecule has 1 aromatic carbocycles. The minimum atomic E-state index is -4.95. The Morgan fingerprint density at radius 3 is 2.50 bits per heavy atom. The normalized spacial score (nSPS) is 11.7. The van der Waals surface area contributed by atoms with Crippen molar-refractivity contribution in [3.8, 4) is 11.5 Å². The molecule has 0 saturated heterocycles. The van der Waals surface area contributed by atoms with E-state index in [1.165, 1.54) is 66.7 Å². The van der Waals surface area contributed by atoms with Gasteiger partial charge >= 0.3 is 6.18 Å². The summed E-state index contributed by atoms with van der Waals surface area (Å²) in [6.07, 6.45) is 1.35. The van der Waals surface area contributed by atoms with Gasteiger partial charge in [-0.2, -0.15) is 28.5 Å². The number of halogens is 4. The summed E-state index contributed by atoms with van der Waals surface area (Å²) in [5.74, 6) is -0.905. The van der Waals surface area contributed by atoms with Gasteiger partial charge in [-0.05, 0) is 24.3 Å². The van der Waals surface area contributed by atoms with Crippen LogP contribution in [0.4, 0.5) is 18.9 Å². The van der Waals surface area contributed by atoms with Crippen LogP contribution in [0.2, 0.25) is 5.02 Å². The number of hydrogen-bond acceptors (Lipinski definition) is 6. The van der Waals surface area contributed by atoms with Crippen LogP contribution in [0.15, 0.2) is 66.1 Å². The molecule has 0 unspecified atom stereocenters. The number of amides is 1. The first-order valence-electron chi connectivity index (χ1n) is 10.2. The van der Waals surface area contributed by atoms with E-state index in [2.05, 4.69) is 25.6 Å². The molecule has 5 aromatic rings. The molecular formula is C22H14ClF3N8O2. The van der Waals surface area contributed by atoms with Crippen LogP contribution in [-0.2, 0) is 13.2 Å². The first-order chi connectivity index (χ1) is 17.1. The number of aryl methyl sites for hydroxylation is 1. The van der Waals surface area contributed by atoms with Gasteiger partial charge in [0.05, 0.1) is 46.7 Å². The maximum absolute atomic E-state index is 14.2. The molecule has 14 heteroatoms. The second-order valence-corrected chi connectivity index (χ2v) is 8.00. The summed E-state index contributed by atoms with van der Waals surface area (Å²) in [6.45, 7) is 0. The highest BCUT2D eigenvalue weighted by Gasteiger charge is 2.41. The maximum Gasteiger partial charge on any atom is 0.434 e. The molecule has 0 fully saturated rings. The van der Waals surface area contributed by atoms with Crippen molar-refractivity contribution in [2.75, 3.05) is 5.32 Å². The van der Waals surface area contributed by atoms with Gasteiger partial charge in [0.25, 0.3) is 11.5 Å². The number of carbonyl (C=O) groups excluding carboxylic acids is 1. The van der Waals surface area contributed by atoms with Gasteiger partial charge in [0.15, 0.2) is 11.5 Å². The average Bonchev–Trinajstić information content (AvgIpc) is 3.51. The summed E-state index contributed by atoms with van der Waals surface area (Å²) < 4.78 is 44.5. The molecule has 10 nitrogen and oxygen atoms in total. The highest BCUT2D eigenvalue weighted by atomic mass is 35.5. The molecule has 0 atom stereocenters. The highest BCUT2D eigenvalue weighted by Crippen LogP contribution is 2.35. The van der Waals surface area contributed by atoms with Crippen LogP contribution in [0.3, 0.4) is 0 Å². The van der Waals surface area contributed by atoms with Crippen LogP contribution in [-0.4, -0.2) is 40.2 Å². The zero-order chi connectivity index (χ0) is 25.6. The quantitative estimate of drug-likeness (QED) is 0.392. The number of fused-ring (bicyclic) bond motifs is 1. The lowest BCUT2D eigenvalue weighted by Gasteiger charge is -2.15. The van der Waals surface area contributed by atoms with E-state index >= 15 is 0 Å². The zero-order valence-electron chi connectivity index (χ0n) is 18.2. The molecule has 4 aromatic heterocycles. The van der Waals surface area contributed by atoms with Crippen molar-refractivity contribution in [1.29, 1.82) is 0 Å². The molecule has 0 aliphatic heterocycles. The maximum atomic E-state index is 14.2. The predicted molar refractivity (Wildman–Crippen MR) is 123 cm³/mol. The zero-order valence-corrected chi connectivity index (χ0v) is 19.0. The Bertz CT molecular complexity index is 1680. The van der Waals surface area contributed by atoms with Gasteiger partial charge in [0.2, 0.25) is 0 Å². The van der Waals surface area contributed by atoms with Gasteiger partial charge < -0.3 is 9.88 Å². The van der Waals surface area contributed by atoms with E-state index in [0.29, 0.717) is 4.68 Å². The lowest BCUT2D eigenvalue weighted by atomic mass is 10.1. The number of nitrogens with one attached hydrogen (secondary N) is 1. The smallest absolute Gasteiger partial charge is 0.320 e. The van der Waals surface area contributed by atoms with E-state index in [9.17, 15) is 22.8 Å². The van der Waals surface area contributed by atoms with E-state index < -0.39 is 23.3 Å². The Kier molecular flexibility index (Phi) is 5.55. The highest BCUT2D eigenvalue weighted by molar-refractivity contribution is 6.32. The largest absolute Gasteiger partial charge is 0.434 e. The summed E-state index contributed by atoms with van der Waals surface area (Å²) in [5.41, 5.74) is -2.36. The minimum absolute atomic E-state index is 0.00244. The van der Waals surface area contributed by atoms with Crippen molar-refractivity contribution < 1.29 is 18.0 Å². The van der Waals surface area contributed by atoms with Crippen LogP contribution in [0, 0.1) is 0 Å². The minimum Gasteiger partial charge on any atom is -0.320 e. The lowest BCUT2D eigenvalue weighted by Crippen LogP contribution is -2.21. The van der Waals surface area contributed by atoms with Crippen LogP contribution in [0.1, 0.15) is 16.1 Å². The fourth-order valence-corrected chi connectivity index (χ4v) is 3.93. The number of alkyl halides is 3. The molecule has 0 bridgehead atoms. The van der Waals surface area contributed by atoms with Gasteiger partial charge in [0, 0.05) is 24.0 Å². The van der Waals surface area contributed by atoms with E-state index in [4.69, 9.17) is 11.6 Å². The van der Waals surface area contributed by atoms with Crippen molar-refractivity contribution in [2.24, 2.45) is 7.05 Å². The molecule has 36 heavy (non-hydrogen) atoms. The van der Waals surface area contributed by atoms with Crippen molar-refractivity contribution in [3.05, 3.63) is 87.9 Å². The fraction of sp³-hybridized carbons (Fsp3) is 0.0909. The van der Waals surface area contributed by atoms with Crippen LogP contribution < -0.4 is 10.9 Å². The standard InChI is InChI=1S/C22H14ClF3N8O2/c1-32-8-5-13-14(21(32)36)3-2-4-17(13)33-18(22(24,25)26)15(11-30-33)20(35)31-12-9-16(23)19(27-10-12)34-28-6-7-29-34/h2-11H,1H3,(H,31,35). The molecule has 0 radical (unpaired) electrons. The number of pyridine rings is 2. The van der Waals surface area contributed by atoms with Gasteiger partial charge in [-0.25, -0.2) is 9.67 Å². The third-order valence-corrected chi connectivity index (χ3v) is 5.58. The number of aromatic nitrogens is 7. The predicted octanol–water partition coefficient (Wildman–Crippen LogP) is 3.62. The summed E-state index contributed by atoms with van der Waals surface area (Å²) >= 11 is 6.18. The number of hydrogen-bond donors (Lipinski definition) is 1. The summed E-state index contributed by atoms with van der Waals surface area (Å²) in [4.78, 5) is 30.6. The molecule has 0 spiro atoms. The average molecular weight is 515 g/mol. The lowest BCUT2D eigenvalue weighted by molar-refractivity contribution is -0.143. The molecule has 0 aliphatic carbocycles. The Morgan fingerprint density at radius 2 is 1.81 bits per heavy atom. The van der Waals surface area contributed by atoms with Gasteiger partial charge in [-0.15, -0.1) is 4.80 Å². The molecular weight excluding hydrogens is 501 g/mol. The first kappa shape index (κ1) is 23.2. The molecule has 5 rings (SSSR count). The second-order valence-electron chi connectivity index (χ2n) is 7.59. The third-order valence-electron chi connectivity index (χ3n) is 5.30. The monoisotopic (exact) mass is 514 g/mol. The first-order valence-corrected chi connectivity index (χ1v) is 10.6. The van der Waals surface area contributed by atoms with Gasteiger partial charge in [0.1, 0.15) is 0 Å². The Balaban J connectivity index is 1.55. The van der Waals surface area contributed by atoms with E-state index in [-0.39, 0.29) is 38.5 Å². The van der Waals surface area contributed by atoms with E-state index in [0.717, 1.165) is 11.0 Å². The third kappa shape index (κ3) is 3.98. The Morgan fingerprint density at radius 1 is 1.06 bits per heavy atom. The molecule has 0 aliphatic rings. The van der Waals surface area contributed by atoms with Crippen molar-refractivity contribution in [2.45, 2.75) is 6.18 Å². The topological polar surface area (TPSA) is 113 Å². The summed E-state index contributed by atoms with van der Waals surface area (Å²) in [7, 11) is 1.53. The Hall–Kier alpha value is -4.52. The van der Waals surface area contributed by atoms with Crippen LogP contribution >= 0.6 is 11.6 Å². The number of carbonyl (C=O) groups is 1. The van der Waals surface area contributed by atoms with E-state index in [1.807, 2.05) is 0 Å². The molecule has 182 valence electrons. The van der Waals surface area contributed by atoms with E-state index in [1.54, 1.807) is 0 Å². The van der Waals surface area contributed by atoms with Crippen molar-refractivity contribution in [1.82, 2.24) is 34.3 Å². The van der Waals surface area contributed by atoms with Crippen LogP contribution in [0.5, 0.6) is 0 Å². The number of nitrogens with zero attached hydrogens (tertiary/aromatic N) is 7. The molecule has 0 saturated carbocycles. The van der Waals surface area contributed by atoms with Crippen molar-refractivity contribution >= 4 is 34.0 Å². The Labute approximate surface area is 204 Å². The molecule has 1 N–H and O–H groups in total. The molecule has 4 heterocycles. The number of benzene rings is 1. The summed E-state index contributed by atoms with van der Waals surface area (Å²) in [5, 5.41) is 14.5. The van der Waals surface area contributed by atoms with Gasteiger partial charge in [-0.1, -0.05) is 17.7 Å². The van der Waals surface area contributed by atoms with Gasteiger partial charge in [-0.3, -0.25) is 9.59 Å². The number of anilines is 1. The van der Waals surface area contributed by atoms with Crippen molar-refractivity contribution in [3.63, 3.8) is 0 Å².